The van der Waals surface area contributed by atoms with Crippen molar-refractivity contribution in [2.24, 2.45) is 0 Å². The number of nitrogens with one attached hydrogen (secondary N) is 1. The number of hydrogen-bond donors (Lipinski definition) is 1. The van der Waals surface area contributed by atoms with E-state index in [-0.39, 0.29) is 11.9 Å². The summed E-state index contributed by atoms with van der Waals surface area (Å²) < 4.78 is 14.4. The van der Waals surface area contributed by atoms with Crippen LogP contribution in [0.5, 0.6) is 0 Å². The van der Waals surface area contributed by atoms with Gasteiger partial charge in [-0.25, -0.2) is 0 Å². The van der Waals surface area contributed by atoms with Crippen LogP contribution in [-0.4, -0.2) is 25.7 Å². The Balaban J connectivity index is 2.20. The summed E-state index contributed by atoms with van der Waals surface area (Å²) in [4.78, 5) is 19.1. The molecule has 2 heterocycles. The summed E-state index contributed by atoms with van der Waals surface area (Å²) >= 11 is 0. The highest BCUT2D eigenvalue weighted by Crippen LogP contribution is 2.10. The first-order valence-electron chi connectivity index (χ1n) is 5.40. The predicted molar refractivity (Wildman–Crippen MR) is 62.6 cm³/mol. The number of halogens is 1. The average molecular weight is 249 g/mol. The number of amides is 1. The number of carbonyl (C=O) groups is 1. The van der Waals surface area contributed by atoms with Gasteiger partial charge in [0.25, 0.3) is 5.91 Å². The number of anilines is 1. The summed E-state index contributed by atoms with van der Waals surface area (Å²) in [6.45, 7) is 3.82. The molecule has 0 saturated heterocycles. The Morgan fingerprint density at radius 1 is 1.44 bits per heavy atom. The van der Waals surface area contributed by atoms with Gasteiger partial charge in [0.2, 0.25) is 5.95 Å². The second-order valence-electron chi connectivity index (χ2n) is 3.94. The molecule has 2 rings (SSSR count). The molecule has 1 N–H and O–H groups in total. The molecular weight excluding hydrogens is 237 g/mol. The van der Waals surface area contributed by atoms with E-state index < -0.39 is 11.9 Å². The normalized spacial score (nSPS) is 10.7. The number of rotatable bonds is 3. The van der Waals surface area contributed by atoms with E-state index in [1.54, 1.807) is 10.7 Å². The third kappa shape index (κ3) is 2.50. The average Bonchev–Trinajstić information content (AvgIpc) is 2.77. The van der Waals surface area contributed by atoms with E-state index in [1.807, 2.05) is 13.8 Å². The third-order valence-corrected chi connectivity index (χ3v) is 2.24. The van der Waals surface area contributed by atoms with Crippen molar-refractivity contribution in [1.29, 1.82) is 0 Å². The lowest BCUT2D eigenvalue weighted by atomic mass is 10.3. The zero-order chi connectivity index (χ0) is 13.1. The third-order valence-electron chi connectivity index (χ3n) is 2.24. The van der Waals surface area contributed by atoms with Gasteiger partial charge in [-0.3, -0.25) is 14.5 Å². The summed E-state index contributed by atoms with van der Waals surface area (Å²) in [6, 6.07) is 1.64. The Morgan fingerprint density at radius 3 is 2.89 bits per heavy atom. The van der Waals surface area contributed by atoms with E-state index in [0.29, 0.717) is 5.69 Å². The molecule has 0 fully saturated rings. The van der Waals surface area contributed by atoms with Crippen LogP contribution in [0.2, 0.25) is 0 Å². The molecule has 0 aliphatic heterocycles. The standard InChI is InChI=1S/C11H12FN5O/c1-7(2)17-8(3-4-14-17)11(18)16-10-6-13-5-9(12)15-10/h3-7H,1-2H3,(H,15,16,18). The molecule has 6 nitrogen and oxygen atoms in total. The molecule has 2 aromatic rings. The largest absolute Gasteiger partial charge is 0.304 e. The van der Waals surface area contributed by atoms with Gasteiger partial charge < -0.3 is 5.32 Å². The van der Waals surface area contributed by atoms with Gasteiger partial charge in [-0.15, -0.1) is 0 Å². The van der Waals surface area contributed by atoms with Gasteiger partial charge in [0.05, 0.1) is 12.4 Å². The minimum atomic E-state index is -0.745. The van der Waals surface area contributed by atoms with Gasteiger partial charge in [-0.1, -0.05) is 0 Å². The van der Waals surface area contributed by atoms with Crippen LogP contribution in [0.15, 0.2) is 24.7 Å². The van der Waals surface area contributed by atoms with Crippen molar-refractivity contribution in [2.45, 2.75) is 19.9 Å². The van der Waals surface area contributed by atoms with Crippen molar-refractivity contribution in [2.75, 3.05) is 5.32 Å². The monoisotopic (exact) mass is 249 g/mol. The Morgan fingerprint density at radius 2 is 2.22 bits per heavy atom. The van der Waals surface area contributed by atoms with Crippen molar-refractivity contribution in [3.8, 4) is 0 Å². The van der Waals surface area contributed by atoms with Gasteiger partial charge in [0, 0.05) is 12.2 Å². The first-order valence-corrected chi connectivity index (χ1v) is 5.40. The van der Waals surface area contributed by atoms with Crippen molar-refractivity contribution < 1.29 is 9.18 Å². The van der Waals surface area contributed by atoms with Crippen LogP contribution in [0.1, 0.15) is 30.4 Å². The summed E-state index contributed by atoms with van der Waals surface area (Å²) in [6.07, 6.45) is 3.78. The van der Waals surface area contributed by atoms with Gasteiger partial charge in [-0.2, -0.15) is 14.5 Å². The number of carbonyl (C=O) groups excluding carboxylic acids is 1. The molecule has 7 heteroatoms. The fourth-order valence-electron chi connectivity index (χ4n) is 1.49. The van der Waals surface area contributed by atoms with E-state index in [1.165, 1.54) is 12.4 Å². The van der Waals surface area contributed by atoms with Gasteiger partial charge in [0.15, 0.2) is 5.82 Å². The summed E-state index contributed by atoms with van der Waals surface area (Å²) in [7, 11) is 0. The quantitative estimate of drug-likeness (QED) is 0.897. The van der Waals surface area contributed by atoms with Crippen LogP contribution in [0.3, 0.4) is 0 Å². The second kappa shape index (κ2) is 4.91. The van der Waals surface area contributed by atoms with Crippen LogP contribution >= 0.6 is 0 Å². The molecule has 94 valence electrons. The Kier molecular flexibility index (Phi) is 3.31. The van der Waals surface area contributed by atoms with Crippen molar-refractivity contribution in [3.63, 3.8) is 0 Å². The first-order chi connectivity index (χ1) is 8.58. The maximum absolute atomic E-state index is 12.8. The second-order valence-corrected chi connectivity index (χ2v) is 3.94. The SMILES string of the molecule is CC(C)n1nccc1C(=O)Nc1cncc(F)n1. The fraction of sp³-hybridized carbons (Fsp3) is 0.273. The maximum Gasteiger partial charge on any atom is 0.275 e. The van der Waals surface area contributed by atoms with Crippen LogP contribution in [-0.2, 0) is 0 Å². The van der Waals surface area contributed by atoms with E-state index >= 15 is 0 Å². The van der Waals surface area contributed by atoms with Gasteiger partial charge >= 0.3 is 0 Å². The molecule has 18 heavy (non-hydrogen) atoms. The minimum absolute atomic E-state index is 0.0549. The molecule has 0 aliphatic carbocycles. The molecule has 0 aromatic carbocycles. The van der Waals surface area contributed by atoms with Gasteiger partial charge in [0.1, 0.15) is 5.69 Å². The molecule has 2 aromatic heterocycles. The number of hydrogen-bond acceptors (Lipinski definition) is 4. The fourth-order valence-corrected chi connectivity index (χ4v) is 1.49. The topological polar surface area (TPSA) is 72.7 Å². The molecule has 0 radical (unpaired) electrons. The van der Waals surface area contributed by atoms with Crippen LogP contribution < -0.4 is 5.32 Å². The van der Waals surface area contributed by atoms with Crippen molar-refractivity contribution in [1.82, 2.24) is 19.7 Å². The molecule has 1 amide bonds. The van der Waals surface area contributed by atoms with E-state index in [0.717, 1.165) is 6.20 Å². The lowest BCUT2D eigenvalue weighted by Gasteiger charge is -2.10. The van der Waals surface area contributed by atoms with E-state index in [2.05, 4.69) is 20.4 Å². The van der Waals surface area contributed by atoms with Crippen molar-refractivity contribution in [3.05, 3.63) is 36.3 Å². The lowest BCUT2D eigenvalue weighted by molar-refractivity contribution is 0.101. The van der Waals surface area contributed by atoms with E-state index in [4.69, 9.17) is 0 Å². The molecule has 0 spiro atoms. The highest BCUT2D eigenvalue weighted by Gasteiger charge is 2.14. The minimum Gasteiger partial charge on any atom is -0.304 e. The zero-order valence-corrected chi connectivity index (χ0v) is 9.96. The highest BCUT2D eigenvalue weighted by atomic mass is 19.1. The summed E-state index contributed by atoms with van der Waals surface area (Å²) in [5, 5.41) is 6.51. The Labute approximate surface area is 103 Å². The molecule has 0 bridgehead atoms. The number of nitrogens with zero attached hydrogens (tertiary/aromatic N) is 4. The Bertz CT molecular complexity index is 566. The maximum atomic E-state index is 12.8. The summed E-state index contributed by atoms with van der Waals surface area (Å²) in [5.74, 6) is -1.08. The van der Waals surface area contributed by atoms with Gasteiger partial charge in [-0.05, 0) is 19.9 Å². The molecule has 0 aliphatic rings. The van der Waals surface area contributed by atoms with Crippen LogP contribution in [0.25, 0.3) is 0 Å². The molecular formula is C11H12FN5O. The smallest absolute Gasteiger partial charge is 0.275 e. The zero-order valence-electron chi connectivity index (χ0n) is 9.96. The molecule has 0 atom stereocenters. The van der Waals surface area contributed by atoms with Crippen molar-refractivity contribution >= 4 is 11.7 Å². The Hall–Kier alpha value is -2.31. The highest BCUT2D eigenvalue weighted by molar-refractivity contribution is 6.02. The first kappa shape index (κ1) is 12.2. The van der Waals surface area contributed by atoms with Crippen LogP contribution in [0.4, 0.5) is 10.2 Å². The summed E-state index contributed by atoms with van der Waals surface area (Å²) in [5.41, 5.74) is 0.385. The predicted octanol–water partition coefficient (Wildman–Crippen LogP) is 1.65. The molecule has 0 unspecified atom stereocenters. The molecule has 0 saturated carbocycles. The lowest BCUT2D eigenvalue weighted by Crippen LogP contribution is -2.19. The van der Waals surface area contributed by atoms with Crippen LogP contribution in [0, 0.1) is 5.95 Å². The van der Waals surface area contributed by atoms with E-state index in [9.17, 15) is 9.18 Å². The number of aromatic nitrogens is 4.